The first-order valence-electron chi connectivity index (χ1n) is 8.48. The molecule has 2 aromatic rings. The fraction of sp³-hybridized carbons (Fsp3) is 0.381. The quantitative estimate of drug-likeness (QED) is 0.757. The lowest BCUT2D eigenvalue weighted by Gasteiger charge is -2.16. The number of nitrogens with zero attached hydrogens (tertiary/aromatic N) is 1. The molecule has 0 radical (unpaired) electrons. The first-order chi connectivity index (χ1) is 11.3. The Labute approximate surface area is 147 Å². The molecule has 2 nitrogen and oxygen atoms in total. The summed E-state index contributed by atoms with van der Waals surface area (Å²) in [7, 11) is 0.649. The maximum atomic E-state index is 5.88. The van der Waals surface area contributed by atoms with E-state index in [0.29, 0.717) is 15.2 Å². The van der Waals surface area contributed by atoms with Crippen LogP contribution in [0.2, 0.25) is 0 Å². The molecular weight excluding hydrogens is 313 g/mol. The van der Waals surface area contributed by atoms with Crippen LogP contribution in [-0.2, 0) is 4.74 Å². The van der Waals surface area contributed by atoms with Crippen molar-refractivity contribution in [1.29, 1.82) is 0 Å². The Morgan fingerprint density at radius 1 is 1.04 bits per heavy atom. The molecule has 0 amide bonds. The molecule has 0 saturated carbocycles. The highest BCUT2D eigenvalue weighted by Crippen LogP contribution is 2.30. The molecule has 3 heteroatoms. The molecule has 126 valence electrons. The van der Waals surface area contributed by atoms with E-state index in [1.807, 2.05) is 0 Å². The zero-order chi connectivity index (χ0) is 17.3. The number of aliphatic imine (C=N–C) groups is 1. The number of aryl methyl sites for hydroxylation is 2. The van der Waals surface area contributed by atoms with Gasteiger partial charge in [0.05, 0.1) is 0 Å². The van der Waals surface area contributed by atoms with E-state index >= 15 is 0 Å². The predicted octanol–water partition coefficient (Wildman–Crippen LogP) is 4.45. The van der Waals surface area contributed by atoms with Crippen LogP contribution in [0.25, 0.3) is 0 Å². The average Bonchev–Trinajstić information content (AvgIpc) is 2.96. The second kappa shape index (κ2) is 6.69. The molecule has 0 N–H and O–H groups in total. The summed E-state index contributed by atoms with van der Waals surface area (Å²) in [6.45, 7) is 11.4. The van der Waals surface area contributed by atoms with Crippen LogP contribution in [0.4, 0.5) is 0 Å². The highest BCUT2D eigenvalue weighted by Gasteiger charge is 2.30. The van der Waals surface area contributed by atoms with Gasteiger partial charge in [0.2, 0.25) is 0 Å². The van der Waals surface area contributed by atoms with E-state index in [0.717, 1.165) is 5.90 Å². The first-order valence-corrected chi connectivity index (χ1v) is 9.48. The summed E-state index contributed by atoms with van der Waals surface area (Å²) in [5.41, 5.74) is 3.92. The van der Waals surface area contributed by atoms with Gasteiger partial charge in [-0.25, -0.2) is 4.99 Å². The van der Waals surface area contributed by atoms with Crippen molar-refractivity contribution in [3.05, 3.63) is 59.2 Å². The van der Waals surface area contributed by atoms with Gasteiger partial charge in [0.25, 0.3) is 0 Å². The van der Waals surface area contributed by atoms with E-state index in [1.165, 1.54) is 27.3 Å². The topological polar surface area (TPSA) is 21.6 Å². The van der Waals surface area contributed by atoms with E-state index in [4.69, 9.17) is 9.73 Å². The SMILES string of the molecule is Cc1cc(C)cc(Pc2ccccc2[C@H]2COC(C(C)(C)C)=N2)c1. The molecule has 1 heterocycles. The van der Waals surface area contributed by atoms with Crippen molar-refractivity contribution in [3.8, 4) is 0 Å². The average molecular weight is 339 g/mol. The first kappa shape index (κ1) is 17.2. The number of hydrogen-bond acceptors (Lipinski definition) is 2. The third kappa shape index (κ3) is 3.87. The molecule has 0 spiro atoms. The zero-order valence-corrected chi connectivity index (χ0v) is 16.2. The number of benzene rings is 2. The molecule has 0 saturated heterocycles. The number of ether oxygens (including phenoxy) is 1. The Morgan fingerprint density at radius 2 is 1.71 bits per heavy atom. The maximum absolute atomic E-state index is 5.88. The monoisotopic (exact) mass is 339 g/mol. The summed E-state index contributed by atoms with van der Waals surface area (Å²) in [4.78, 5) is 4.87. The van der Waals surface area contributed by atoms with Crippen LogP contribution in [0.15, 0.2) is 47.5 Å². The summed E-state index contributed by atoms with van der Waals surface area (Å²) in [5, 5.41) is 2.76. The van der Waals surface area contributed by atoms with Gasteiger partial charge in [-0.15, -0.1) is 0 Å². The lowest BCUT2D eigenvalue weighted by molar-refractivity contribution is 0.283. The molecule has 2 aromatic carbocycles. The highest BCUT2D eigenvalue weighted by atomic mass is 31.1. The Balaban J connectivity index is 1.90. The molecule has 3 rings (SSSR count). The van der Waals surface area contributed by atoms with Crippen molar-refractivity contribution >= 4 is 25.1 Å². The Hall–Kier alpha value is -1.66. The molecule has 1 aliphatic rings. The molecular formula is C21H26NOP. The van der Waals surface area contributed by atoms with Crippen LogP contribution in [0.1, 0.15) is 43.5 Å². The summed E-state index contributed by atoms with van der Waals surface area (Å²) in [6.07, 6.45) is 0. The minimum absolute atomic E-state index is 0.0281. The van der Waals surface area contributed by atoms with E-state index in [9.17, 15) is 0 Å². The Bertz CT molecular complexity index is 753. The highest BCUT2D eigenvalue weighted by molar-refractivity contribution is 7.55. The van der Waals surface area contributed by atoms with Crippen LogP contribution < -0.4 is 10.6 Å². The second-order valence-electron chi connectivity index (χ2n) is 7.60. The van der Waals surface area contributed by atoms with Gasteiger partial charge < -0.3 is 4.74 Å². The molecule has 1 aliphatic heterocycles. The number of hydrogen-bond donors (Lipinski definition) is 0. The van der Waals surface area contributed by atoms with Gasteiger partial charge in [0, 0.05) is 5.41 Å². The molecule has 0 aromatic heterocycles. The van der Waals surface area contributed by atoms with Gasteiger partial charge in [0.15, 0.2) is 5.90 Å². The maximum Gasteiger partial charge on any atom is 0.189 e. The van der Waals surface area contributed by atoms with Crippen LogP contribution >= 0.6 is 8.58 Å². The lowest BCUT2D eigenvalue weighted by atomic mass is 9.97. The second-order valence-corrected chi connectivity index (χ2v) is 8.97. The van der Waals surface area contributed by atoms with Gasteiger partial charge in [-0.1, -0.05) is 82.9 Å². The van der Waals surface area contributed by atoms with Crippen molar-refractivity contribution in [3.63, 3.8) is 0 Å². The Morgan fingerprint density at radius 3 is 2.33 bits per heavy atom. The van der Waals surface area contributed by atoms with Gasteiger partial charge in [-0.05, 0) is 30.0 Å². The van der Waals surface area contributed by atoms with Crippen LogP contribution in [-0.4, -0.2) is 12.5 Å². The molecule has 0 bridgehead atoms. The van der Waals surface area contributed by atoms with E-state index in [1.54, 1.807) is 0 Å². The summed E-state index contributed by atoms with van der Waals surface area (Å²) >= 11 is 0. The fourth-order valence-electron chi connectivity index (χ4n) is 3.05. The lowest BCUT2D eigenvalue weighted by Crippen LogP contribution is -2.20. The van der Waals surface area contributed by atoms with Crippen molar-refractivity contribution in [1.82, 2.24) is 0 Å². The van der Waals surface area contributed by atoms with E-state index in [-0.39, 0.29) is 11.5 Å². The summed E-state index contributed by atoms with van der Waals surface area (Å²) < 4.78 is 5.88. The van der Waals surface area contributed by atoms with Crippen LogP contribution in [0.5, 0.6) is 0 Å². The summed E-state index contributed by atoms with van der Waals surface area (Å²) in [6, 6.07) is 15.6. The molecule has 0 fully saturated rings. The third-order valence-electron chi connectivity index (χ3n) is 4.11. The van der Waals surface area contributed by atoms with Crippen molar-refractivity contribution in [2.24, 2.45) is 10.4 Å². The standard InChI is InChI=1S/C21H26NOP/c1-14-10-15(2)12-16(11-14)24-19-9-7-6-8-17(19)18-13-23-20(22-18)21(3,4)5/h6-12,18,24H,13H2,1-5H3/t18-/m1/s1. The fourth-order valence-corrected chi connectivity index (χ4v) is 4.53. The van der Waals surface area contributed by atoms with E-state index < -0.39 is 0 Å². The minimum Gasteiger partial charge on any atom is -0.478 e. The molecule has 0 aliphatic carbocycles. The number of rotatable bonds is 3. The zero-order valence-electron chi connectivity index (χ0n) is 15.2. The van der Waals surface area contributed by atoms with Gasteiger partial charge in [-0.3, -0.25) is 0 Å². The predicted molar refractivity (Wildman–Crippen MR) is 106 cm³/mol. The van der Waals surface area contributed by atoms with Crippen molar-refractivity contribution in [2.75, 3.05) is 6.61 Å². The van der Waals surface area contributed by atoms with Crippen LogP contribution in [0, 0.1) is 19.3 Å². The normalized spacial score (nSPS) is 18.0. The molecule has 24 heavy (non-hydrogen) atoms. The van der Waals surface area contributed by atoms with Crippen molar-refractivity contribution < 1.29 is 4.74 Å². The largest absolute Gasteiger partial charge is 0.478 e. The smallest absolute Gasteiger partial charge is 0.189 e. The van der Waals surface area contributed by atoms with Gasteiger partial charge in [0.1, 0.15) is 12.6 Å². The van der Waals surface area contributed by atoms with Crippen LogP contribution in [0.3, 0.4) is 0 Å². The van der Waals surface area contributed by atoms with Gasteiger partial charge >= 0.3 is 0 Å². The Kier molecular flexibility index (Phi) is 4.78. The molecule has 1 unspecified atom stereocenters. The van der Waals surface area contributed by atoms with Gasteiger partial charge in [-0.2, -0.15) is 0 Å². The molecule has 2 atom stereocenters. The van der Waals surface area contributed by atoms with E-state index in [2.05, 4.69) is 77.1 Å². The third-order valence-corrected chi connectivity index (χ3v) is 5.42. The van der Waals surface area contributed by atoms with Crippen molar-refractivity contribution in [2.45, 2.75) is 40.7 Å². The minimum atomic E-state index is -0.0281. The summed E-state index contributed by atoms with van der Waals surface area (Å²) in [5.74, 6) is 0.872.